The molecule has 27 heavy (non-hydrogen) atoms. The molecule has 150 valence electrons. The van der Waals surface area contributed by atoms with E-state index in [4.69, 9.17) is 15.2 Å². The molecule has 2 heterocycles. The Morgan fingerprint density at radius 2 is 2.22 bits per heavy atom. The number of carbonyl (C=O) groups excluding carboxylic acids is 3. The van der Waals surface area contributed by atoms with Crippen LogP contribution in [0.2, 0.25) is 0 Å². The first-order chi connectivity index (χ1) is 12.9. The fourth-order valence-electron chi connectivity index (χ4n) is 2.78. The standard InChI is InChI=1S/C16H26N6O5/c1-9(23)7-27-13-3-4-18-15(13)16(25)20-14(12(24)5-17)10(2)26-8-11-6-19-22-21-11/h6,10,13-15,18H,3-5,7-8,17H2,1-2H3,(H,20,25)(H,19,21,22)/t10-,13?,14?,15+/m1/s1. The lowest BCUT2D eigenvalue weighted by Gasteiger charge is -2.26. The second-order valence-corrected chi connectivity index (χ2v) is 6.41. The molecule has 0 saturated carbocycles. The van der Waals surface area contributed by atoms with Gasteiger partial charge in [-0.2, -0.15) is 0 Å². The Hall–Kier alpha value is -2.21. The zero-order chi connectivity index (χ0) is 19.8. The van der Waals surface area contributed by atoms with Crippen molar-refractivity contribution < 1.29 is 23.9 Å². The molecular formula is C16H26N6O5. The second kappa shape index (κ2) is 10.2. The molecule has 2 rings (SSSR count). The van der Waals surface area contributed by atoms with Crippen molar-refractivity contribution in [2.24, 2.45) is 5.73 Å². The van der Waals surface area contributed by atoms with E-state index in [1.165, 1.54) is 6.92 Å². The molecule has 1 aromatic heterocycles. The number of hydrogen-bond donors (Lipinski definition) is 4. The maximum absolute atomic E-state index is 12.7. The molecular weight excluding hydrogens is 356 g/mol. The van der Waals surface area contributed by atoms with E-state index < -0.39 is 30.2 Å². The molecule has 1 aromatic rings. The summed E-state index contributed by atoms with van der Waals surface area (Å²) in [7, 11) is 0. The SMILES string of the molecule is CC(=O)COC1CCN[C@@H]1C(=O)NC(C(=O)CN)[C@@H](C)OCc1c[nH]nn1. The van der Waals surface area contributed by atoms with Gasteiger partial charge in [-0.05, 0) is 26.8 Å². The zero-order valence-electron chi connectivity index (χ0n) is 15.4. The molecule has 0 aromatic carbocycles. The molecule has 0 aliphatic carbocycles. The molecule has 1 amide bonds. The summed E-state index contributed by atoms with van der Waals surface area (Å²) < 4.78 is 11.1. The van der Waals surface area contributed by atoms with Gasteiger partial charge in [0.15, 0.2) is 11.6 Å². The average molecular weight is 382 g/mol. The Morgan fingerprint density at radius 1 is 1.44 bits per heavy atom. The van der Waals surface area contributed by atoms with Crippen LogP contribution in [0.4, 0.5) is 0 Å². The molecule has 1 aliphatic heterocycles. The number of nitrogens with zero attached hydrogens (tertiary/aromatic N) is 2. The van der Waals surface area contributed by atoms with E-state index >= 15 is 0 Å². The molecule has 1 fully saturated rings. The monoisotopic (exact) mass is 382 g/mol. The summed E-state index contributed by atoms with van der Waals surface area (Å²) in [6, 6.07) is -1.56. The van der Waals surface area contributed by atoms with Crippen LogP contribution in [0.1, 0.15) is 26.0 Å². The fourth-order valence-corrected chi connectivity index (χ4v) is 2.78. The van der Waals surface area contributed by atoms with E-state index in [0.717, 1.165) is 0 Å². The largest absolute Gasteiger partial charge is 0.369 e. The van der Waals surface area contributed by atoms with E-state index in [0.29, 0.717) is 18.7 Å². The van der Waals surface area contributed by atoms with Gasteiger partial charge >= 0.3 is 0 Å². The number of aromatic amines is 1. The molecule has 1 saturated heterocycles. The van der Waals surface area contributed by atoms with E-state index in [1.807, 2.05) is 0 Å². The van der Waals surface area contributed by atoms with Gasteiger partial charge in [0.05, 0.1) is 25.4 Å². The lowest BCUT2D eigenvalue weighted by molar-refractivity contribution is -0.135. The van der Waals surface area contributed by atoms with Crippen molar-refractivity contribution in [2.75, 3.05) is 19.7 Å². The van der Waals surface area contributed by atoms with Gasteiger partial charge in [0.2, 0.25) is 5.91 Å². The third-order valence-electron chi connectivity index (χ3n) is 4.22. The van der Waals surface area contributed by atoms with Crippen LogP contribution in [0.5, 0.6) is 0 Å². The van der Waals surface area contributed by atoms with Crippen molar-refractivity contribution in [3.05, 3.63) is 11.9 Å². The molecule has 11 heteroatoms. The smallest absolute Gasteiger partial charge is 0.240 e. The lowest BCUT2D eigenvalue weighted by Crippen LogP contribution is -2.56. The van der Waals surface area contributed by atoms with Gasteiger partial charge < -0.3 is 25.8 Å². The van der Waals surface area contributed by atoms with Crippen molar-refractivity contribution in [3.63, 3.8) is 0 Å². The van der Waals surface area contributed by atoms with Crippen LogP contribution in [-0.4, -0.2) is 76.9 Å². The minimum absolute atomic E-state index is 0.0570. The number of Topliss-reactive ketones (excluding diaryl/α,β-unsaturated/α-hetero) is 2. The minimum atomic E-state index is -0.912. The van der Waals surface area contributed by atoms with Gasteiger partial charge in [-0.3, -0.25) is 19.5 Å². The normalized spacial score (nSPS) is 21.6. The summed E-state index contributed by atoms with van der Waals surface area (Å²) in [5, 5.41) is 15.7. The third kappa shape index (κ3) is 6.17. The number of amides is 1. The molecule has 11 nitrogen and oxygen atoms in total. The number of ether oxygens (including phenoxy) is 2. The molecule has 4 atom stereocenters. The van der Waals surface area contributed by atoms with Gasteiger partial charge in [0.25, 0.3) is 0 Å². The summed E-state index contributed by atoms with van der Waals surface area (Å²) in [6.07, 6.45) is 1.11. The number of ketones is 2. The van der Waals surface area contributed by atoms with Gasteiger partial charge in [0.1, 0.15) is 24.4 Å². The Balaban J connectivity index is 1.96. The van der Waals surface area contributed by atoms with Crippen LogP contribution in [-0.2, 0) is 30.5 Å². The predicted molar refractivity (Wildman–Crippen MR) is 93.5 cm³/mol. The van der Waals surface area contributed by atoms with Crippen molar-refractivity contribution in [3.8, 4) is 0 Å². The summed E-state index contributed by atoms with van der Waals surface area (Å²) in [6.45, 7) is 3.51. The van der Waals surface area contributed by atoms with Crippen molar-refractivity contribution >= 4 is 17.5 Å². The second-order valence-electron chi connectivity index (χ2n) is 6.41. The number of nitrogens with two attached hydrogens (primary N) is 1. The van der Waals surface area contributed by atoms with Gasteiger partial charge in [-0.15, -0.1) is 5.10 Å². The van der Waals surface area contributed by atoms with Crippen LogP contribution < -0.4 is 16.4 Å². The van der Waals surface area contributed by atoms with Crippen LogP contribution in [0.25, 0.3) is 0 Å². The van der Waals surface area contributed by atoms with Crippen LogP contribution in [0, 0.1) is 0 Å². The molecule has 0 radical (unpaired) electrons. The average Bonchev–Trinajstić information content (AvgIpc) is 3.33. The summed E-state index contributed by atoms with van der Waals surface area (Å²) in [5.41, 5.74) is 6.05. The van der Waals surface area contributed by atoms with Gasteiger partial charge in [0, 0.05) is 6.20 Å². The predicted octanol–water partition coefficient (Wildman–Crippen LogP) is -1.94. The van der Waals surface area contributed by atoms with Crippen molar-refractivity contribution in [1.82, 2.24) is 26.0 Å². The van der Waals surface area contributed by atoms with E-state index in [2.05, 4.69) is 26.0 Å². The van der Waals surface area contributed by atoms with Crippen LogP contribution in [0.15, 0.2) is 6.20 Å². The number of rotatable bonds is 11. The topological polar surface area (TPSA) is 161 Å². The molecule has 0 bridgehead atoms. The minimum Gasteiger partial charge on any atom is -0.369 e. The zero-order valence-corrected chi connectivity index (χ0v) is 15.4. The Labute approximate surface area is 156 Å². The highest BCUT2D eigenvalue weighted by molar-refractivity contribution is 5.92. The van der Waals surface area contributed by atoms with E-state index in [1.54, 1.807) is 13.1 Å². The number of H-pyrrole nitrogens is 1. The summed E-state index contributed by atoms with van der Waals surface area (Å²) >= 11 is 0. The highest BCUT2D eigenvalue weighted by Gasteiger charge is 2.36. The number of carbonyl (C=O) groups is 3. The maximum Gasteiger partial charge on any atom is 0.240 e. The van der Waals surface area contributed by atoms with Gasteiger partial charge in [-0.25, -0.2) is 0 Å². The van der Waals surface area contributed by atoms with Crippen molar-refractivity contribution in [1.29, 1.82) is 0 Å². The van der Waals surface area contributed by atoms with E-state index in [-0.39, 0.29) is 31.3 Å². The first kappa shape index (κ1) is 21.1. The Morgan fingerprint density at radius 3 is 2.85 bits per heavy atom. The van der Waals surface area contributed by atoms with Crippen LogP contribution in [0.3, 0.4) is 0 Å². The van der Waals surface area contributed by atoms with Crippen molar-refractivity contribution in [2.45, 2.75) is 51.2 Å². The molecule has 0 spiro atoms. The Kier molecular flexibility index (Phi) is 7.98. The highest BCUT2D eigenvalue weighted by Crippen LogP contribution is 2.13. The molecule has 1 aliphatic rings. The molecule has 2 unspecified atom stereocenters. The summed E-state index contributed by atoms with van der Waals surface area (Å²) in [4.78, 5) is 36.0. The van der Waals surface area contributed by atoms with Crippen LogP contribution >= 0.6 is 0 Å². The number of hydrogen-bond acceptors (Lipinski definition) is 9. The molecule has 5 N–H and O–H groups in total. The fraction of sp³-hybridized carbons (Fsp3) is 0.688. The quantitative estimate of drug-likeness (QED) is 0.341. The van der Waals surface area contributed by atoms with Gasteiger partial charge in [-0.1, -0.05) is 5.21 Å². The summed E-state index contributed by atoms with van der Waals surface area (Å²) in [5.74, 6) is -0.868. The Bertz CT molecular complexity index is 637. The highest BCUT2D eigenvalue weighted by atomic mass is 16.5. The third-order valence-corrected chi connectivity index (χ3v) is 4.22. The first-order valence-electron chi connectivity index (χ1n) is 8.77. The number of aromatic nitrogens is 3. The number of nitrogens with one attached hydrogen (secondary N) is 3. The van der Waals surface area contributed by atoms with E-state index in [9.17, 15) is 14.4 Å². The first-order valence-corrected chi connectivity index (χ1v) is 8.77. The lowest BCUT2D eigenvalue weighted by atomic mass is 10.1. The maximum atomic E-state index is 12.7.